The van der Waals surface area contributed by atoms with Gasteiger partial charge in [0.1, 0.15) is 11.3 Å². The number of thiazole rings is 1. The highest BCUT2D eigenvalue weighted by molar-refractivity contribution is 7.89. The predicted molar refractivity (Wildman–Crippen MR) is 154 cm³/mol. The van der Waals surface area contributed by atoms with Gasteiger partial charge in [0.05, 0.1) is 21.7 Å². The lowest BCUT2D eigenvalue weighted by Crippen LogP contribution is -2.41. The molecule has 0 atom stereocenters. The van der Waals surface area contributed by atoms with E-state index in [-0.39, 0.29) is 16.8 Å². The van der Waals surface area contributed by atoms with Gasteiger partial charge in [-0.15, -0.1) is 0 Å². The lowest BCUT2D eigenvalue weighted by Gasteiger charge is -2.32. The number of carbonyl (C=O) groups is 1. The summed E-state index contributed by atoms with van der Waals surface area (Å²) in [4.78, 5) is 22.2. The summed E-state index contributed by atoms with van der Waals surface area (Å²) < 4.78 is 34.7. The smallest absolute Gasteiger partial charge is 0.260 e. The van der Waals surface area contributed by atoms with Crippen molar-refractivity contribution in [3.8, 4) is 5.75 Å². The number of aromatic nitrogens is 1. The Balaban J connectivity index is 1.64. The Kier molecular flexibility index (Phi) is 9.31. The standard InChI is InChI=1S/C27H35ClN4O4S2/c1-5-32(20-9-7-6-8-10-20)38(34,35)21-13-11-19(12-14-21)26(33)31(18-17-30(2)3)27-29-24-23(36-4)16-15-22(28)25(24)37-27/h11-16,20H,5-10,17-18H2,1-4H3. The Labute approximate surface area is 234 Å². The van der Waals surface area contributed by atoms with E-state index < -0.39 is 10.0 Å². The second kappa shape index (κ2) is 12.3. The largest absolute Gasteiger partial charge is 0.494 e. The number of fused-ring (bicyclic) bond motifs is 1. The highest BCUT2D eigenvalue weighted by atomic mass is 35.5. The fraction of sp³-hybridized carbons (Fsp3) is 0.481. The van der Waals surface area contributed by atoms with E-state index in [1.54, 1.807) is 40.6 Å². The molecule has 0 N–H and O–H groups in total. The van der Waals surface area contributed by atoms with Crippen molar-refractivity contribution in [1.82, 2.24) is 14.2 Å². The molecule has 0 saturated heterocycles. The Hall–Kier alpha value is -2.24. The SMILES string of the molecule is CCN(C1CCCCC1)S(=O)(=O)c1ccc(C(=O)N(CCN(C)C)c2nc3c(OC)ccc(Cl)c3s2)cc1. The van der Waals surface area contributed by atoms with Gasteiger partial charge in [-0.1, -0.05) is 49.1 Å². The van der Waals surface area contributed by atoms with Gasteiger partial charge in [0.2, 0.25) is 10.0 Å². The van der Waals surface area contributed by atoms with Gasteiger partial charge >= 0.3 is 0 Å². The molecule has 1 fully saturated rings. The van der Waals surface area contributed by atoms with Crippen LogP contribution in [0.15, 0.2) is 41.3 Å². The van der Waals surface area contributed by atoms with E-state index in [1.807, 2.05) is 25.9 Å². The maximum atomic E-state index is 13.7. The number of carbonyl (C=O) groups excluding carboxylic acids is 1. The summed E-state index contributed by atoms with van der Waals surface area (Å²) in [6, 6.07) is 9.80. The van der Waals surface area contributed by atoms with Gasteiger partial charge in [-0.2, -0.15) is 4.31 Å². The first-order valence-electron chi connectivity index (χ1n) is 12.9. The zero-order valence-electron chi connectivity index (χ0n) is 22.3. The summed E-state index contributed by atoms with van der Waals surface area (Å²) in [5.41, 5.74) is 0.993. The number of nitrogens with zero attached hydrogens (tertiary/aromatic N) is 4. The maximum Gasteiger partial charge on any atom is 0.260 e. The van der Waals surface area contributed by atoms with Crippen LogP contribution in [-0.2, 0) is 10.0 Å². The molecule has 0 bridgehead atoms. The molecule has 38 heavy (non-hydrogen) atoms. The molecule has 8 nitrogen and oxygen atoms in total. The average Bonchev–Trinajstić information content (AvgIpc) is 3.36. The van der Waals surface area contributed by atoms with Crippen LogP contribution >= 0.6 is 22.9 Å². The number of ether oxygens (including phenoxy) is 1. The van der Waals surface area contributed by atoms with Crippen LogP contribution in [0, 0.1) is 0 Å². The van der Waals surface area contributed by atoms with Crippen molar-refractivity contribution in [2.24, 2.45) is 0 Å². The molecule has 4 rings (SSSR count). The van der Waals surface area contributed by atoms with Gasteiger partial charge in [0.15, 0.2) is 5.13 Å². The third kappa shape index (κ3) is 5.99. The minimum atomic E-state index is -3.65. The van der Waals surface area contributed by atoms with Gasteiger partial charge in [-0.05, 0) is 63.3 Å². The molecule has 0 aliphatic heterocycles. The molecule has 2 aromatic carbocycles. The van der Waals surface area contributed by atoms with Gasteiger partial charge in [-0.25, -0.2) is 13.4 Å². The molecular weight excluding hydrogens is 544 g/mol. The molecule has 1 saturated carbocycles. The molecular formula is C27H35ClN4O4S2. The number of anilines is 1. The van der Waals surface area contributed by atoms with E-state index in [9.17, 15) is 13.2 Å². The zero-order valence-corrected chi connectivity index (χ0v) is 24.7. The Morgan fingerprint density at radius 1 is 1.08 bits per heavy atom. The molecule has 1 amide bonds. The monoisotopic (exact) mass is 578 g/mol. The van der Waals surface area contributed by atoms with Crippen LogP contribution in [0.5, 0.6) is 5.75 Å². The second-order valence-corrected chi connectivity index (χ2v) is 13.0. The topological polar surface area (TPSA) is 83.1 Å². The molecule has 0 radical (unpaired) electrons. The minimum Gasteiger partial charge on any atom is -0.494 e. The van der Waals surface area contributed by atoms with Crippen molar-refractivity contribution in [1.29, 1.82) is 0 Å². The Morgan fingerprint density at radius 3 is 2.37 bits per heavy atom. The number of rotatable bonds is 10. The van der Waals surface area contributed by atoms with Crippen molar-refractivity contribution in [3.05, 3.63) is 47.0 Å². The van der Waals surface area contributed by atoms with Crippen molar-refractivity contribution < 1.29 is 17.9 Å². The molecule has 1 heterocycles. The summed E-state index contributed by atoms with van der Waals surface area (Å²) in [7, 11) is 1.79. The molecule has 1 aliphatic rings. The fourth-order valence-electron chi connectivity index (χ4n) is 4.86. The molecule has 11 heteroatoms. The van der Waals surface area contributed by atoms with Crippen molar-refractivity contribution in [2.75, 3.05) is 45.7 Å². The molecule has 0 unspecified atom stereocenters. The average molecular weight is 579 g/mol. The number of halogens is 1. The quantitative estimate of drug-likeness (QED) is 0.315. The third-order valence-corrected chi connectivity index (χ3v) is 10.5. The zero-order chi connectivity index (χ0) is 27.4. The number of sulfonamides is 1. The van der Waals surface area contributed by atoms with Gasteiger partial charge in [0.25, 0.3) is 5.91 Å². The van der Waals surface area contributed by atoms with E-state index in [2.05, 4.69) is 0 Å². The first kappa shape index (κ1) is 28.8. The van der Waals surface area contributed by atoms with E-state index >= 15 is 0 Å². The van der Waals surface area contributed by atoms with Crippen LogP contribution in [0.1, 0.15) is 49.4 Å². The number of likely N-dealkylation sites (N-methyl/N-ethyl adjacent to an activating group) is 1. The van der Waals surface area contributed by atoms with Crippen LogP contribution in [0.2, 0.25) is 5.02 Å². The first-order valence-corrected chi connectivity index (χ1v) is 15.5. The van der Waals surface area contributed by atoms with Crippen LogP contribution in [0.4, 0.5) is 5.13 Å². The minimum absolute atomic E-state index is 0.0319. The van der Waals surface area contributed by atoms with E-state index in [0.29, 0.717) is 46.6 Å². The summed E-state index contributed by atoms with van der Waals surface area (Å²) >= 11 is 7.75. The lowest BCUT2D eigenvalue weighted by atomic mass is 9.95. The van der Waals surface area contributed by atoms with Crippen molar-refractivity contribution >= 4 is 54.2 Å². The predicted octanol–water partition coefficient (Wildman–Crippen LogP) is 5.51. The second-order valence-electron chi connectivity index (χ2n) is 9.71. The van der Waals surface area contributed by atoms with E-state index in [0.717, 1.165) is 36.8 Å². The van der Waals surface area contributed by atoms with Gasteiger partial charge < -0.3 is 9.64 Å². The van der Waals surface area contributed by atoms with Crippen molar-refractivity contribution in [2.45, 2.75) is 50.0 Å². The number of methoxy groups -OCH3 is 1. The summed E-state index contributed by atoms with van der Waals surface area (Å²) in [5.74, 6) is 0.324. The Bertz CT molecular complexity index is 1370. The normalized spacial score (nSPS) is 14.9. The first-order chi connectivity index (χ1) is 18.2. The number of hydrogen-bond donors (Lipinski definition) is 0. The number of amides is 1. The molecule has 1 aromatic heterocycles. The van der Waals surface area contributed by atoms with Crippen molar-refractivity contribution in [3.63, 3.8) is 0 Å². The van der Waals surface area contributed by atoms with E-state index in [4.69, 9.17) is 21.3 Å². The lowest BCUT2D eigenvalue weighted by molar-refractivity contribution is 0.0985. The number of benzene rings is 2. The molecule has 3 aromatic rings. The summed E-state index contributed by atoms with van der Waals surface area (Å²) in [5, 5.41) is 1.04. The summed E-state index contributed by atoms with van der Waals surface area (Å²) in [6.07, 6.45) is 5.04. The molecule has 0 spiro atoms. The van der Waals surface area contributed by atoms with Crippen LogP contribution in [0.3, 0.4) is 0 Å². The third-order valence-electron chi connectivity index (χ3n) is 6.92. The van der Waals surface area contributed by atoms with Crippen LogP contribution < -0.4 is 9.64 Å². The molecule has 1 aliphatic carbocycles. The highest BCUT2D eigenvalue weighted by Crippen LogP contribution is 2.39. The van der Waals surface area contributed by atoms with Crippen LogP contribution in [-0.4, -0.2) is 75.4 Å². The van der Waals surface area contributed by atoms with Crippen LogP contribution in [0.25, 0.3) is 10.2 Å². The van der Waals surface area contributed by atoms with E-state index in [1.165, 1.54) is 23.5 Å². The molecule has 206 valence electrons. The maximum absolute atomic E-state index is 13.7. The number of hydrogen-bond acceptors (Lipinski definition) is 7. The highest BCUT2D eigenvalue weighted by Gasteiger charge is 2.31. The fourth-order valence-corrected chi connectivity index (χ4v) is 7.83. The van der Waals surface area contributed by atoms with Gasteiger partial charge in [0, 0.05) is 31.2 Å². The van der Waals surface area contributed by atoms with Gasteiger partial charge in [-0.3, -0.25) is 9.69 Å². The summed E-state index contributed by atoms with van der Waals surface area (Å²) in [6.45, 7) is 3.32. The Morgan fingerprint density at radius 2 is 1.76 bits per heavy atom.